The van der Waals surface area contributed by atoms with Gasteiger partial charge in [0, 0.05) is 57.2 Å². The summed E-state index contributed by atoms with van der Waals surface area (Å²) in [5.74, 6) is -0.495. The van der Waals surface area contributed by atoms with Crippen LogP contribution in [-0.4, -0.2) is 54.8 Å². The minimum absolute atomic E-state index is 0.111. The van der Waals surface area contributed by atoms with Crippen molar-refractivity contribution in [2.75, 3.05) is 23.9 Å². The van der Waals surface area contributed by atoms with E-state index >= 15 is 0 Å². The molecule has 4 heterocycles. The first kappa shape index (κ1) is 35.6. The van der Waals surface area contributed by atoms with Gasteiger partial charge in [0.2, 0.25) is 6.17 Å². The van der Waals surface area contributed by atoms with Gasteiger partial charge in [-0.2, -0.15) is 27.7 Å². The topological polar surface area (TPSA) is 104 Å². The number of benzodiazepines with no additional fused rings is 2. The molecule has 0 saturated carbocycles. The molecule has 2 aliphatic rings. The van der Waals surface area contributed by atoms with Crippen LogP contribution in [0.1, 0.15) is 22.3 Å². The average molecular weight is 751 g/mol. The number of benzene rings is 2. The highest BCUT2D eigenvalue weighted by Crippen LogP contribution is 2.32. The molecule has 2 unspecified atom stereocenters. The fourth-order valence-corrected chi connectivity index (χ4v) is 6.22. The quantitative estimate of drug-likeness (QED) is 0.169. The summed E-state index contributed by atoms with van der Waals surface area (Å²) in [5.41, 5.74) is 12.2. The molecule has 15 heteroatoms. The molecule has 0 spiro atoms. The Morgan fingerprint density at radius 3 is 1.76 bits per heavy atom. The third kappa shape index (κ3) is 8.38. The van der Waals surface area contributed by atoms with Crippen LogP contribution in [0.25, 0.3) is 0 Å². The lowest BCUT2D eigenvalue weighted by Crippen LogP contribution is -2.39. The summed E-state index contributed by atoms with van der Waals surface area (Å²) in [7, 11) is 3.38. The highest BCUT2D eigenvalue weighted by Gasteiger charge is 2.30. The summed E-state index contributed by atoms with van der Waals surface area (Å²) in [5, 5.41) is 11.3. The van der Waals surface area contributed by atoms with E-state index in [0.29, 0.717) is 21.5 Å². The van der Waals surface area contributed by atoms with Crippen LogP contribution in [0.15, 0.2) is 96.1 Å². The fourth-order valence-electron chi connectivity index (χ4n) is 4.49. The van der Waals surface area contributed by atoms with Crippen molar-refractivity contribution in [1.29, 1.82) is 0 Å². The lowest BCUT2D eigenvalue weighted by atomic mass is 10.0. The number of nitrogens with two attached hydrogens (primary N) is 1. The molecular formula is C31H24Cl4N6O2S3. The number of rotatable bonds is 3. The summed E-state index contributed by atoms with van der Waals surface area (Å²) in [6.07, 6.45) is -1.83. The normalized spacial score (nSPS) is 16.9. The maximum Gasteiger partial charge on any atom is 0.274 e. The molecule has 0 aliphatic carbocycles. The molecule has 0 bridgehead atoms. The number of hydrogen-bond donors (Lipinski definition) is 1. The van der Waals surface area contributed by atoms with Gasteiger partial charge < -0.3 is 15.5 Å². The number of thiophene rings is 2. The van der Waals surface area contributed by atoms with Gasteiger partial charge in [-0.05, 0) is 71.5 Å². The van der Waals surface area contributed by atoms with Crippen molar-refractivity contribution in [1.82, 2.24) is 0 Å². The molecular weight excluding hydrogens is 726 g/mol. The Kier molecular flexibility index (Phi) is 12.4. The number of aliphatic imine (C=N–C) groups is 3. The molecule has 0 saturated heterocycles. The Hall–Kier alpha value is -3.22. The van der Waals surface area contributed by atoms with Gasteiger partial charge in [0.05, 0.1) is 32.5 Å². The van der Waals surface area contributed by atoms with E-state index in [4.69, 9.17) is 52.1 Å². The Morgan fingerprint density at radius 2 is 1.33 bits per heavy atom. The van der Waals surface area contributed by atoms with E-state index in [9.17, 15) is 9.59 Å². The minimum Gasteiger partial charge on any atom is -0.312 e. The van der Waals surface area contributed by atoms with Gasteiger partial charge in [0.1, 0.15) is 0 Å². The summed E-state index contributed by atoms with van der Waals surface area (Å²) in [4.78, 5) is 40.5. The van der Waals surface area contributed by atoms with E-state index in [1.54, 1.807) is 61.0 Å². The molecule has 2 aromatic heterocycles. The van der Waals surface area contributed by atoms with Crippen LogP contribution in [-0.2, 0) is 9.59 Å². The van der Waals surface area contributed by atoms with Crippen molar-refractivity contribution in [3.05, 3.63) is 113 Å². The molecule has 6 rings (SSSR count). The predicted octanol–water partition coefficient (Wildman–Crippen LogP) is 8.08. The monoisotopic (exact) mass is 748 g/mol. The minimum atomic E-state index is -0.927. The number of carbonyl (C=O) groups excluding carboxylic acids is 2. The molecule has 236 valence electrons. The third-order valence-electron chi connectivity index (χ3n) is 6.57. The molecule has 2 aromatic carbocycles. The van der Waals surface area contributed by atoms with E-state index in [-0.39, 0.29) is 16.3 Å². The molecule has 2 atom stereocenters. The van der Waals surface area contributed by atoms with Crippen molar-refractivity contribution in [2.45, 2.75) is 12.3 Å². The highest BCUT2D eigenvalue weighted by atomic mass is 35.5. The Balaban J connectivity index is 0.000000188. The van der Waals surface area contributed by atoms with Crippen LogP contribution in [0.5, 0.6) is 0 Å². The molecule has 0 fully saturated rings. The number of amides is 2. The molecule has 2 N–H and O–H groups in total. The van der Waals surface area contributed by atoms with Gasteiger partial charge in [-0.3, -0.25) is 14.6 Å². The smallest absolute Gasteiger partial charge is 0.274 e. The number of thiocarbonyl (C=S) groups is 1. The second-order valence-corrected chi connectivity index (χ2v) is 13.2. The lowest BCUT2D eigenvalue weighted by Gasteiger charge is -2.19. The fraction of sp³-hybridized carbons (Fsp3) is 0.129. The zero-order chi connectivity index (χ0) is 33.5. The first-order chi connectivity index (χ1) is 21.9. The van der Waals surface area contributed by atoms with Gasteiger partial charge in [-0.25, -0.2) is 4.99 Å². The molecule has 0 radical (unpaired) electrons. The van der Waals surface area contributed by atoms with Crippen molar-refractivity contribution < 1.29 is 9.59 Å². The van der Waals surface area contributed by atoms with Crippen LogP contribution in [0.4, 0.5) is 11.4 Å². The van der Waals surface area contributed by atoms with Crippen LogP contribution < -0.4 is 15.5 Å². The summed E-state index contributed by atoms with van der Waals surface area (Å²) < 4.78 is 0.111. The van der Waals surface area contributed by atoms with Crippen molar-refractivity contribution in [3.63, 3.8) is 0 Å². The summed E-state index contributed by atoms with van der Waals surface area (Å²) >= 11 is 29.7. The number of isothiocyanates is 1. The van der Waals surface area contributed by atoms with Gasteiger partial charge in [0.25, 0.3) is 11.8 Å². The van der Waals surface area contributed by atoms with Crippen molar-refractivity contribution in [3.8, 4) is 0 Å². The third-order valence-corrected chi connectivity index (χ3v) is 8.51. The Bertz CT molecular complexity index is 1870. The summed E-state index contributed by atoms with van der Waals surface area (Å²) in [6.45, 7) is 3.09. The maximum absolute atomic E-state index is 12.5. The van der Waals surface area contributed by atoms with Crippen LogP contribution in [0, 0.1) is 0 Å². The number of halogens is 4. The summed E-state index contributed by atoms with van der Waals surface area (Å²) in [6, 6.07) is 14.6. The molecule has 2 aliphatic heterocycles. The van der Waals surface area contributed by atoms with Crippen molar-refractivity contribution >= 4 is 121 Å². The van der Waals surface area contributed by atoms with E-state index in [0.717, 1.165) is 33.6 Å². The zero-order valence-electron chi connectivity index (χ0n) is 24.2. The van der Waals surface area contributed by atoms with Crippen LogP contribution >= 0.6 is 81.3 Å². The second-order valence-electron chi connectivity index (χ2n) is 9.47. The van der Waals surface area contributed by atoms with Gasteiger partial charge in [-0.15, -0.1) is 0 Å². The highest BCUT2D eigenvalue weighted by molar-refractivity contribution is 7.78. The average Bonchev–Trinajstić information content (AvgIpc) is 3.73. The number of anilines is 2. The zero-order valence-corrected chi connectivity index (χ0v) is 29.6. The molecule has 8 nitrogen and oxygen atoms in total. The van der Waals surface area contributed by atoms with Crippen LogP contribution in [0.3, 0.4) is 0 Å². The largest absolute Gasteiger partial charge is 0.312 e. The number of hydrogen-bond acceptors (Lipinski definition) is 9. The Labute approximate surface area is 299 Å². The number of fused-ring (bicyclic) bond motifs is 2. The molecule has 4 aromatic rings. The number of carbonyl (C=O) groups is 2. The van der Waals surface area contributed by atoms with Gasteiger partial charge in [-0.1, -0.05) is 53.0 Å². The molecule has 46 heavy (non-hydrogen) atoms. The van der Waals surface area contributed by atoms with E-state index in [2.05, 4.69) is 38.9 Å². The lowest BCUT2D eigenvalue weighted by molar-refractivity contribution is -0.120. The Morgan fingerprint density at radius 1 is 0.870 bits per heavy atom. The molecule has 2 amide bonds. The number of nitrogens with zero attached hydrogens (tertiary/aromatic N) is 5. The van der Waals surface area contributed by atoms with Gasteiger partial charge >= 0.3 is 0 Å². The number of likely N-dealkylation sites (N-methyl/N-ethyl adjacent to an activating group) is 2. The van der Waals surface area contributed by atoms with E-state index in [1.165, 1.54) is 9.80 Å². The van der Waals surface area contributed by atoms with E-state index in [1.807, 2.05) is 45.8 Å². The maximum atomic E-state index is 12.5. The van der Waals surface area contributed by atoms with Crippen molar-refractivity contribution in [2.24, 2.45) is 20.7 Å². The van der Waals surface area contributed by atoms with E-state index < -0.39 is 12.3 Å². The van der Waals surface area contributed by atoms with Crippen LogP contribution in [0.2, 0.25) is 10.0 Å². The first-order valence-corrected chi connectivity index (χ1v) is 16.9. The SMILES string of the molecule is C=C(Cl)Cl.CN1C(=O)C(N)N=C(c2ccsc2)c2cc(Cl)ccc21.CN1C(=O)C(N=C=S)N=C(c2ccsc2)c2cc(Cl)ccc21. The first-order valence-electron chi connectivity index (χ1n) is 13.1. The predicted molar refractivity (Wildman–Crippen MR) is 197 cm³/mol. The van der Waals surface area contributed by atoms with Gasteiger partial charge in [0.15, 0.2) is 6.17 Å². The second kappa shape index (κ2) is 16.1. The standard InChI is InChI=1S/C15H10ClN3OS2.C14H12ClN3OS.C2H2Cl2/c1-19-12-3-2-10(16)6-11(12)13(9-4-5-22-7-9)18-14(15(19)20)17-8-21;1-18-11-3-2-9(15)6-10(11)12(8-4-5-20-7-8)17-13(16)14(18)19;1-2(3)4/h2-7,14H,1H3;2-7,13H,16H2,1H3;1H2.